The number of nitrogens with zero attached hydrogens (tertiary/aromatic N) is 1. The lowest BCUT2D eigenvalue weighted by Gasteiger charge is -2.10. The van der Waals surface area contributed by atoms with Crippen molar-refractivity contribution in [3.8, 4) is 11.5 Å². The molecule has 1 heterocycles. The zero-order valence-electron chi connectivity index (χ0n) is 15.7. The fourth-order valence-electron chi connectivity index (χ4n) is 2.73. The van der Waals surface area contributed by atoms with Crippen molar-refractivity contribution in [3.63, 3.8) is 0 Å². The largest absolute Gasteiger partial charge is 0.497 e. The topological polar surface area (TPSA) is 68.5 Å². The minimum absolute atomic E-state index is 0.0554. The molecule has 3 rings (SSSR count). The quantitative estimate of drug-likeness (QED) is 0.508. The van der Waals surface area contributed by atoms with Crippen LogP contribution >= 0.6 is 0 Å². The predicted molar refractivity (Wildman–Crippen MR) is 105 cm³/mol. The second-order valence-electron chi connectivity index (χ2n) is 6.07. The molecule has 1 N–H and O–H groups in total. The van der Waals surface area contributed by atoms with Crippen LogP contribution in [0.15, 0.2) is 73.1 Å². The second kappa shape index (κ2) is 8.81. The summed E-state index contributed by atoms with van der Waals surface area (Å²) >= 11 is 0. The summed E-state index contributed by atoms with van der Waals surface area (Å²) in [5.41, 5.74) is 1.76. The van der Waals surface area contributed by atoms with Crippen molar-refractivity contribution in [2.45, 2.75) is 6.54 Å². The van der Waals surface area contributed by atoms with Crippen LogP contribution in [0.5, 0.6) is 11.5 Å². The van der Waals surface area contributed by atoms with Crippen LogP contribution in [0, 0.1) is 0 Å². The van der Waals surface area contributed by atoms with Gasteiger partial charge in [-0.2, -0.15) is 4.57 Å². The molecule has 0 saturated heterocycles. The van der Waals surface area contributed by atoms with Gasteiger partial charge in [-0.3, -0.25) is 9.59 Å². The summed E-state index contributed by atoms with van der Waals surface area (Å²) in [5.74, 6) is 0.889. The lowest BCUT2D eigenvalue weighted by Crippen LogP contribution is -2.39. The third kappa shape index (κ3) is 4.54. The van der Waals surface area contributed by atoms with E-state index in [1.165, 1.54) is 7.11 Å². The van der Waals surface area contributed by atoms with Crippen LogP contribution in [0.2, 0.25) is 0 Å². The normalized spacial score (nSPS) is 10.2. The summed E-state index contributed by atoms with van der Waals surface area (Å²) in [6, 6.07) is 17.7. The number of hydrogen-bond acceptors (Lipinski definition) is 4. The maximum Gasteiger partial charge on any atom is 0.290 e. The smallest absolute Gasteiger partial charge is 0.290 e. The van der Waals surface area contributed by atoms with E-state index in [1.54, 1.807) is 66.5 Å². The first-order valence-corrected chi connectivity index (χ1v) is 8.71. The number of rotatable bonds is 7. The third-order valence-electron chi connectivity index (χ3n) is 4.20. The summed E-state index contributed by atoms with van der Waals surface area (Å²) in [6.07, 6.45) is 3.42. The Kier molecular flexibility index (Phi) is 6.01. The Balaban J connectivity index is 1.66. The molecule has 0 aliphatic rings. The summed E-state index contributed by atoms with van der Waals surface area (Å²) in [5, 5.41) is 2.82. The van der Waals surface area contributed by atoms with E-state index in [9.17, 15) is 9.59 Å². The Morgan fingerprint density at radius 3 is 2.21 bits per heavy atom. The highest BCUT2D eigenvalue weighted by Crippen LogP contribution is 2.28. The molecular formula is C22H21N2O4+. The van der Waals surface area contributed by atoms with Gasteiger partial charge >= 0.3 is 0 Å². The Morgan fingerprint density at radius 1 is 0.893 bits per heavy atom. The van der Waals surface area contributed by atoms with E-state index in [0.29, 0.717) is 28.3 Å². The highest BCUT2D eigenvalue weighted by molar-refractivity contribution is 6.08. The number of pyridine rings is 1. The molecule has 0 atom stereocenters. The van der Waals surface area contributed by atoms with E-state index in [0.717, 1.165) is 0 Å². The molecule has 0 saturated carbocycles. The summed E-state index contributed by atoms with van der Waals surface area (Å²) < 4.78 is 12.1. The monoisotopic (exact) mass is 377 g/mol. The van der Waals surface area contributed by atoms with Crippen molar-refractivity contribution >= 4 is 17.4 Å². The Hall–Kier alpha value is -3.67. The molecule has 0 fully saturated rings. The second-order valence-corrected chi connectivity index (χ2v) is 6.07. The van der Waals surface area contributed by atoms with E-state index < -0.39 is 0 Å². The minimum atomic E-state index is -0.212. The Morgan fingerprint density at radius 2 is 1.57 bits per heavy atom. The van der Waals surface area contributed by atoms with Crippen molar-refractivity contribution in [3.05, 3.63) is 84.2 Å². The zero-order valence-corrected chi connectivity index (χ0v) is 15.7. The molecule has 0 spiro atoms. The third-order valence-corrected chi connectivity index (χ3v) is 4.20. The zero-order chi connectivity index (χ0) is 19.9. The predicted octanol–water partition coefficient (Wildman–Crippen LogP) is 2.86. The Labute approximate surface area is 163 Å². The Bertz CT molecular complexity index is 970. The van der Waals surface area contributed by atoms with E-state index in [4.69, 9.17) is 9.47 Å². The molecule has 0 aliphatic carbocycles. The van der Waals surface area contributed by atoms with Gasteiger partial charge < -0.3 is 14.8 Å². The average Bonchev–Trinajstić information content (AvgIpc) is 2.74. The van der Waals surface area contributed by atoms with Crippen LogP contribution in [0.25, 0.3) is 0 Å². The highest BCUT2D eigenvalue weighted by atomic mass is 16.5. The average molecular weight is 377 g/mol. The van der Waals surface area contributed by atoms with Crippen LogP contribution in [0.3, 0.4) is 0 Å². The minimum Gasteiger partial charge on any atom is -0.497 e. The lowest BCUT2D eigenvalue weighted by molar-refractivity contribution is -0.684. The van der Waals surface area contributed by atoms with Crippen molar-refractivity contribution < 1.29 is 23.6 Å². The molecule has 2 aromatic carbocycles. The standard InChI is InChI=1S/C22H20N2O4/c1-27-18-8-9-19(20(14-18)28-2)23-21(25)15-24-12-10-17(11-13-24)22(26)16-6-4-3-5-7-16/h3-14H,15H2,1-2H3/p+1. The first-order valence-electron chi connectivity index (χ1n) is 8.71. The van der Waals surface area contributed by atoms with Crippen molar-refractivity contribution in [2.75, 3.05) is 19.5 Å². The number of anilines is 1. The molecule has 28 heavy (non-hydrogen) atoms. The number of carbonyl (C=O) groups is 2. The molecule has 3 aromatic rings. The molecule has 0 bridgehead atoms. The van der Waals surface area contributed by atoms with E-state index in [2.05, 4.69) is 5.32 Å². The summed E-state index contributed by atoms with van der Waals surface area (Å²) in [4.78, 5) is 24.8. The van der Waals surface area contributed by atoms with Gasteiger partial charge in [-0.15, -0.1) is 0 Å². The van der Waals surface area contributed by atoms with Crippen LogP contribution in [0.1, 0.15) is 15.9 Å². The van der Waals surface area contributed by atoms with Crippen molar-refractivity contribution in [1.82, 2.24) is 0 Å². The van der Waals surface area contributed by atoms with Crippen LogP contribution in [0.4, 0.5) is 5.69 Å². The van der Waals surface area contributed by atoms with E-state index in [1.807, 2.05) is 18.2 Å². The van der Waals surface area contributed by atoms with Gasteiger partial charge in [-0.25, -0.2) is 0 Å². The molecule has 1 aromatic heterocycles. The van der Waals surface area contributed by atoms with Crippen molar-refractivity contribution in [1.29, 1.82) is 0 Å². The maximum atomic E-state index is 12.4. The summed E-state index contributed by atoms with van der Waals surface area (Å²) in [6.45, 7) is 0.106. The molecule has 1 amide bonds. The molecular weight excluding hydrogens is 356 g/mol. The van der Waals surface area contributed by atoms with Crippen LogP contribution < -0.4 is 19.4 Å². The van der Waals surface area contributed by atoms with Gasteiger partial charge in [0.25, 0.3) is 5.91 Å². The maximum absolute atomic E-state index is 12.4. The number of benzene rings is 2. The van der Waals surface area contributed by atoms with Gasteiger partial charge in [0.1, 0.15) is 11.5 Å². The lowest BCUT2D eigenvalue weighted by atomic mass is 10.0. The first kappa shape index (κ1) is 19.1. The SMILES string of the molecule is COc1ccc(NC(=O)C[n+]2ccc(C(=O)c3ccccc3)cc2)c(OC)c1. The number of nitrogens with one attached hydrogen (secondary N) is 1. The molecule has 0 unspecified atom stereocenters. The number of carbonyl (C=O) groups excluding carboxylic acids is 2. The van der Waals surface area contributed by atoms with E-state index >= 15 is 0 Å². The van der Waals surface area contributed by atoms with Gasteiger partial charge in [0.05, 0.1) is 19.9 Å². The fraction of sp³-hybridized carbons (Fsp3) is 0.136. The number of hydrogen-bond donors (Lipinski definition) is 1. The van der Waals surface area contributed by atoms with Crippen LogP contribution in [-0.4, -0.2) is 25.9 Å². The molecule has 142 valence electrons. The van der Waals surface area contributed by atoms with Crippen molar-refractivity contribution in [2.24, 2.45) is 0 Å². The van der Waals surface area contributed by atoms with Gasteiger partial charge in [-0.1, -0.05) is 30.3 Å². The van der Waals surface area contributed by atoms with Gasteiger partial charge in [0, 0.05) is 29.3 Å². The summed E-state index contributed by atoms with van der Waals surface area (Å²) in [7, 11) is 3.09. The molecule has 0 aliphatic heterocycles. The fourth-order valence-corrected chi connectivity index (χ4v) is 2.73. The van der Waals surface area contributed by atoms with Crippen LogP contribution in [-0.2, 0) is 11.3 Å². The molecule has 6 heteroatoms. The highest BCUT2D eigenvalue weighted by Gasteiger charge is 2.15. The van der Waals surface area contributed by atoms with Gasteiger partial charge in [0.2, 0.25) is 6.54 Å². The molecule has 0 radical (unpaired) electrons. The number of amides is 1. The van der Waals surface area contributed by atoms with Gasteiger partial charge in [0.15, 0.2) is 18.2 Å². The van der Waals surface area contributed by atoms with E-state index in [-0.39, 0.29) is 18.2 Å². The number of methoxy groups -OCH3 is 2. The first-order chi connectivity index (χ1) is 13.6. The molecule has 6 nitrogen and oxygen atoms in total. The number of ketones is 1. The number of ether oxygens (including phenoxy) is 2. The number of aromatic nitrogens is 1. The van der Waals surface area contributed by atoms with Gasteiger partial charge in [-0.05, 0) is 12.1 Å².